The van der Waals surface area contributed by atoms with E-state index in [1.54, 1.807) is 12.3 Å². The van der Waals surface area contributed by atoms with Gasteiger partial charge in [-0.3, -0.25) is 4.79 Å². The zero-order valence-corrected chi connectivity index (χ0v) is 12.8. The predicted molar refractivity (Wildman–Crippen MR) is 79.2 cm³/mol. The van der Waals surface area contributed by atoms with E-state index >= 15 is 0 Å². The number of amides is 1. The summed E-state index contributed by atoms with van der Waals surface area (Å²) in [5.74, 6) is 0.666. The molecule has 0 unspecified atom stereocenters. The number of rotatable bonds is 5. The summed E-state index contributed by atoms with van der Waals surface area (Å²) in [7, 11) is 0. The van der Waals surface area contributed by atoms with Gasteiger partial charge in [0.05, 0.1) is 12.8 Å². The molecule has 0 bridgehead atoms. The second-order valence-corrected chi connectivity index (χ2v) is 5.06. The normalized spacial score (nSPS) is 11.9. The number of H-pyrrole nitrogens is 1. The van der Waals surface area contributed by atoms with Gasteiger partial charge in [0.1, 0.15) is 5.76 Å². The van der Waals surface area contributed by atoms with Crippen LogP contribution in [0.5, 0.6) is 0 Å². The lowest BCUT2D eigenvalue weighted by atomic mass is 10.1. The zero-order chi connectivity index (χ0) is 14.7. The molecule has 0 aliphatic carbocycles. The summed E-state index contributed by atoms with van der Waals surface area (Å²) in [6.45, 7) is 0.395. The van der Waals surface area contributed by atoms with Crippen LogP contribution in [0.15, 0.2) is 53.3 Å². The standard InChI is InChI=1S/C16H17N3O2.ClH/c17-14(16(20)19-10-12-4-3-7-21-12)8-11-9-18-15-6-2-1-5-13(11)15;/h1-7,9,14,18H,8,10,17H2,(H,19,20);1H/t14-;/m0./s1. The number of halogens is 1. The summed E-state index contributed by atoms with van der Waals surface area (Å²) in [5, 5.41) is 3.98. The molecule has 0 aliphatic rings. The highest BCUT2D eigenvalue weighted by Crippen LogP contribution is 2.18. The van der Waals surface area contributed by atoms with Crippen LogP contribution in [0.1, 0.15) is 11.3 Å². The highest BCUT2D eigenvalue weighted by molar-refractivity contribution is 5.85. The molecule has 3 aromatic rings. The molecule has 0 saturated carbocycles. The molecule has 5 N–H and O–H groups in total. The van der Waals surface area contributed by atoms with Crippen LogP contribution >= 0.6 is 0 Å². The van der Waals surface area contributed by atoms with Gasteiger partial charge >= 0.3 is 0 Å². The number of hydrogen-bond acceptors (Lipinski definition) is 2. The lowest BCUT2D eigenvalue weighted by molar-refractivity contribution is -0.403. The number of hydrogen-bond donors (Lipinski definition) is 3. The van der Waals surface area contributed by atoms with E-state index in [4.69, 9.17) is 4.42 Å². The number of quaternary nitrogens is 1. The van der Waals surface area contributed by atoms with Crippen LogP contribution < -0.4 is 23.5 Å². The second kappa shape index (κ2) is 7.15. The fraction of sp³-hybridized carbons (Fsp3) is 0.188. The molecule has 22 heavy (non-hydrogen) atoms. The maximum Gasteiger partial charge on any atom is 0.278 e. The first kappa shape index (κ1) is 16.1. The molecule has 5 nitrogen and oxygen atoms in total. The number of nitrogens with one attached hydrogen (secondary N) is 2. The van der Waals surface area contributed by atoms with E-state index in [1.807, 2.05) is 30.5 Å². The maximum absolute atomic E-state index is 12.1. The SMILES string of the molecule is [Cl-].[NH3+][C@@H](Cc1c[nH]c2ccccc12)C(=O)NCc1ccco1. The Morgan fingerprint density at radius 3 is 2.86 bits per heavy atom. The molecular weight excluding hydrogens is 302 g/mol. The number of aromatic nitrogens is 1. The van der Waals surface area contributed by atoms with Crippen LogP contribution in [0, 0.1) is 0 Å². The average Bonchev–Trinajstić information content (AvgIpc) is 3.15. The lowest BCUT2D eigenvalue weighted by Gasteiger charge is -2.08. The van der Waals surface area contributed by atoms with Crippen LogP contribution in [-0.4, -0.2) is 16.9 Å². The highest BCUT2D eigenvalue weighted by atomic mass is 35.5. The van der Waals surface area contributed by atoms with Gasteiger partial charge in [0.25, 0.3) is 5.91 Å². The maximum atomic E-state index is 12.1. The number of carbonyl (C=O) groups excluding carboxylic acids is 1. The van der Waals surface area contributed by atoms with Crippen molar-refractivity contribution in [3.8, 4) is 0 Å². The van der Waals surface area contributed by atoms with Crippen molar-refractivity contribution < 1.29 is 27.4 Å². The Hall–Kier alpha value is -2.24. The van der Waals surface area contributed by atoms with E-state index in [-0.39, 0.29) is 24.4 Å². The Bertz CT molecular complexity index is 737. The minimum Gasteiger partial charge on any atom is -1.00 e. The largest absolute Gasteiger partial charge is 1.00 e. The Kier molecular flexibility index (Phi) is 5.25. The molecule has 1 aromatic carbocycles. The molecule has 0 aliphatic heterocycles. The molecule has 2 aromatic heterocycles. The molecule has 1 amide bonds. The van der Waals surface area contributed by atoms with E-state index in [0.717, 1.165) is 22.2 Å². The van der Waals surface area contributed by atoms with Gasteiger partial charge in [0.15, 0.2) is 6.04 Å². The number of benzene rings is 1. The fourth-order valence-corrected chi connectivity index (χ4v) is 2.39. The molecule has 2 heterocycles. The molecule has 0 radical (unpaired) electrons. The Balaban J connectivity index is 0.00000176. The summed E-state index contributed by atoms with van der Waals surface area (Å²) < 4.78 is 5.19. The first-order valence-corrected chi connectivity index (χ1v) is 6.92. The third kappa shape index (κ3) is 3.50. The van der Waals surface area contributed by atoms with Crippen molar-refractivity contribution in [2.24, 2.45) is 0 Å². The molecule has 0 fully saturated rings. The van der Waals surface area contributed by atoms with Crippen molar-refractivity contribution in [3.63, 3.8) is 0 Å². The summed E-state index contributed by atoms with van der Waals surface area (Å²) in [6.07, 6.45) is 4.14. The number of furan rings is 1. The van der Waals surface area contributed by atoms with Gasteiger partial charge < -0.3 is 32.9 Å². The minimum absolute atomic E-state index is 0. The van der Waals surface area contributed by atoms with Crippen molar-refractivity contribution in [2.45, 2.75) is 19.0 Å². The van der Waals surface area contributed by atoms with E-state index in [2.05, 4.69) is 22.1 Å². The van der Waals surface area contributed by atoms with Crippen molar-refractivity contribution >= 4 is 16.8 Å². The summed E-state index contributed by atoms with van der Waals surface area (Å²) >= 11 is 0. The number of carbonyl (C=O) groups is 1. The quantitative estimate of drug-likeness (QED) is 0.520. The van der Waals surface area contributed by atoms with Crippen molar-refractivity contribution in [3.05, 3.63) is 60.2 Å². The van der Waals surface area contributed by atoms with Gasteiger partial charge in [-0.2, -0.15) is 0 Å². The highest BCUT2D eigenvalue weighted by Gasteiger charge is 2.19. The predicted octanol–water partition coefficient (Wildman–Crippen LogP) is -1.77. The van der Waals surface area contributed by atoms with Crippen LogP contribution in [0.3, 0.4) is 0 Å². The third-order valence-corrected chi connectivity index (χ3v) is 3.53. The molecule has 6 heteroatoms. The minimum atomic E-state index is -0.334. The van der Waals surface area contributed by atoms with Gasteiger partial charge in [0, 0.05) is 23.5 Å². The van der Waals surface area contributed by atoms with Crippen molar-refractivity contribution in [1.29, 1.82) is 0 Å². The monoisotopic (exact) mass is 319 g/mol. The average molecular weight is 320 g/mol. The van der Waals surface area contributed by atoms with Gasteiger partial charge in [-0.25, -0.2) is 0 Å². The molecule has 0 saturated heterocycles. The van der Waals surface area contributed by atoms with E-state index < -0.39 is 0 Å². The van der Waals surface area contributed by atoms with Gasteiger partial charge in [-0.1, -0.05) is 18.2 Å². The number of aromatic amines is 1. The second-order valence-electron chi connectivity index (χ2n) is 5.06. The van der Waals surface area contributed by atoms with Gasteiger partial charge in [0.2, 0.25) is 0 Å². The summed E-state index contributed by atoms with van der Waals surface area (Å²) in [6, 6.07) is 11.4. The first-order valence-electron chi connectivity index (χ1n) is 6.92. The Morgan fingerprint density at radius 1 is 1.27 bits per heavy atom. The molecule has 3 rings (SSSR count). The third-order valence-electron chi connectivity index (χ3n) is 3.53. The molecule has 1 atom stereocenters. The van der Waals surface area contributed by atoms with E-state index in [0.29, 0.717) is 13.0 Å². The lowest BCUT2D eigenvalue weighted by Crippen LogP contribution is -3.00. The topological polar surface area (TPSA) is 85.7 Å². The van der Waals surface area contributed by atoms with E-state index in [1.165, 1.54) is 0 Å². The smallest absolute Gasteiger partial charge is 0.278 e. The van der Waals surface area contributed by atoms with Crippen molar-refractivity contribution in [2.75, 3.05) is 0 Å². The molecule has 116 valence electrons. The van der Waals surface area contributed by atoms with Crippen molar-refractivity contribution in [1.82, 2.24) is 10.3 Å². The fourth-order valence-electron chi connectivity index (χ4n) is 2.39. The van der Waals surface area contributed by atoms with Crippen LogP contribution in [0.25, 0.3) is 10.9 Å². The number of fused-ring (bicyclic) bond motifs is 1. The van der Waals surface area contributed by atoms with E-state index in [9.17, 15) is 4.79 Å². The number of para-hydroxylation sites is 1. The Morgan fingerprint density at radius 2 is 2.09 bits per heavy atom. The molecular formula is C16H18ClN3O2. The first-order chi connectivity index (χ1) is 10.2. The van der Waals surface area contributed by atoms with Crippen LogP contribution in [-0.2, 0) is 17.8 Å². The summed E-state index contributed by atoms with van der Waals surface area (Å²) in [5.41, 5.74) is 6.15. The molecule has 0 spiro atoms. The van der Waals surface area contributed by atoms with Crippen LogP contribution in [0.2, 0.25) is 0 Å². The zero-order valence-electron chi connectivity index (χ0n) is 12.0. The van der Waals surface area contributed by atoms with Crippen LogP contribution in [0.4, 0.5) is 0 Å². The van der Waals surface area contributed by atoms with Gasteiger partial charge in [-0.05, 0) is 23.8 Å². The van der Waals surface area contributed by atoms with Gasteiger partial charge in [-0.15, -0.1) is 0 Å². The summed E-state index contributed by atoms with van der Waals surface area (Å²) in [4.78, 5) is 15.3. The Labute approximate surface area is 134 Å².